The van der Waals surface area contributed by atoms with Gasteiger partial charge in [-0.15, -0.1) is 11.3 Å². The Kier molecular flexibility index (Phi) is 4.32. The lowest BCUT2D eigenvalue weighted by atomic mass is 10.0. The third kappa shape index (κ3) is 3.04. The van der Waals surface area contributed by atoms with E-state index < -0.39 is 5.60 Å². The third-order valence-corrected chi connectivity index (χ3v) is 6.50. The fraction of sp³-hybridized carbons (Fsp3) is 0.400. The zero-order chi connectivity index (χ0) is 18.3. The van der Waals surface area contributed by atoms with Crippen molar-refractivity contribution in [3.05, 3.63) is 46.8 Å². The van der Waals surface area contributed by atoms with Crippen LogP contribution >= 0.6 is 11.3 Å². The van der Waals surface area contributed by atoms with Crippen LogP contribution < -0.4 is 0 Å². The highest BCUT2D eigenvalue weighted by atomic mass is 32.1. The van der Waals surface area contributed by atoms with E-state index in [2.05, 4.69) is 12.1 Å². The number of likely N-dealkylation sites (tertiary alicyclic amines) is 1. The first kappa shape index (κ1) is 17.2. The Morgan fingerprint density at radius 2 is 2.00 bits per heavy atom. The van der Waals surface area contributed by atoms with Gasteiger partial charge in [0.1, 0.15) is 12.2 Å². The van der Waals surface area contributed by atoms with Crippen LogP contribution in [0, 0.1) is 6.92 Å². The zero-order valence-corrected chi connectivity index (χ0v) is 15.8. The topological polar surface area (TPSA) is 49.9 Å². The van der Waals surface area contributed by atoms with Crippen molar-refractivity contribution in [3.63, 3.8) is 0 Å². The largest absolute Gasteiger partial charge is 0.361 e. The summed E-state index contributed by atoms with van der Waals surface area (Å²) in [6.45, 7) is 3.91. The summed E-state index contributed by atoms with van der Waals surface area (Å²) >= 11 is 1.55. The molecule has 6 heteroatoms. The fourth-order valence-corrected chi connectivity index (χ4v) is 4.92. The van der Waals surface area contributed by atoms with Gasteiger partial charge < -0.3 is 14.5 Å². The van der Waals surface area contributed by atoms with Crippen LogP contribution in [0.1, 0.15) is 21.7 Å². The zero-order valence-electron chi connectivity index (χ0n) is 15.0. The Balaban J connectivity index is 1.52. The van der Waals surface area contributed by atoms with Crippen LogP contribution in [0.5, 0.6) is 0 Å². The highest BCUT2D eigenvalue weighted by Gasteiger charge is 2.45. The van der Waals surface area contributed by atoms with Gasteiger partial charge in [0.2, 0.25) is 5.91 Å². The molecule has 2 amide bonds. The van der Waals surface area contributed by atoms with Crippen molar-refractivity contribution in [2.24, 2.45) is 0 Å². The van der Waals surface area contributed by atoms with E-state index in [-0.39, 0.29) is 18.4 Å². The number of hydrogen-bond donors (Lipinski definition) is 0. The summed E-state index contributed by atoms with van der Waals surface area (Å²) < 4.78 is 5.84. The van der Waals surface area contributed by atoms with E-state index in [1.165, 1.54) is 0 Å². The van der Waals surface area contributed by atoms with Gasteiger partial charge >= 0.3 is 0 Å². The molecule has 2 aromatic rings. The summed E-state index contributed by atoms with van der Waals surface area (Å²) in [6, 6.07) is 12.1. The van der Waals surface area contributed by atoms with Gasteiger partial charge in [-0.05, 0) is 30.5 Å². The maximum Gasteiger partial charge on any atom is 0.264 e. The lowest BCUT2D eigenvalue weighted by Gasteiger charge is -2.38. The minimum atomic E-state index is -0.410. The Bertz CT molecular complexity index is 848. The molecular formula is C20H22N2O3S. The summed E-state index contributed by atoms with van der Waals surface area (Å²) in [5.74, 6) is 0.0575. The summed E-state index contributed by atoms with van der Waals surface area (Å²) in [5.41, 5.74) is 1.85. The number of rotatable bonds is 2. The Hall–Kier alpha value is -2.18. The maximum absolute atomic E-state index is 13.0. The van der Waals surface area contributed by atoms with Crippen LogP contribution in [0.15, 0.2) is 36.4 Å². The van der Waals surface area contributed by atoms with Crippen molar-refractivity contribution >= 4 is 23.2 Å². The molecule has 1 aromatic carbocycles. The Morgan fingerprint density at radius 1 is 1.23 bits per heavy atom. The quantitative estimate of drug-likeness (QED) is 0.817. The number of thiophene rings is 1. The first-order valence-corrected chi connectivity index (χ1v) is 9.62. The molecule has 1 aromatic heterocycles. The molecule has 3 heterocycles. The third-order valence-electron chi connectivity index (χ3n) is 5.22. The molecule has 0 N–H and O–H groups in total. The van der Waals surface area contributed by atoms with Crippen molar-refractivity contribution in [2.75, 3.05) is 33.3 Å². The van der Waals surface area contributed by atoms with Crippen molar-refractivity contribution in [1.82, 2.24) is 9.80 Å². The van der Waals surface area contributed by atoms with Gasteiger partial charge in [0.25, 0.3) is 5.91 Å². The predicted octanol–water partition coefficient (Wildman–Crippen LogP) is 2.80. The molecule has 1 atom stereocenters. The molecule has 2 fully saturated rings. The number of nitrogens with zero attached hydrogens (tertiary/aromatic N) is 2. The van der Waals surface area contributed by atoms with Crippen LogP contribution in [-0.2, 0) is 9.53 Å². The van der Waals surface area contributed by atoms with Gasteiger partial charge in [0.05, 0.1) is 18.0 Å². The number of carbonyl (C=O) groups excluding carboxylic acids is 2. The highest BCUT2D eigenvalue weighted by molar-refractivity contribution is 7.17. The van der Waals surface area contributed by atoms with Crippen LogP contribution in [0.25, 0.3) is 10.4 Å². The first-order chi connectivity index (χ1) is 12.5. The second kappa shape index (κ2) is 6.52. The monoisotopic (exact) mass is 370 g/mol. The van der Waals surface area contributed by atoms with Crippen LogP contribution in [0.2, 0.25) is 0 Å². The molecule has 136 valence electrons. The molecule has 1 spiro atoms. The second-order valence-electron chi connectivity index (χ2n) is 7.19. The minimum absolute atomic E-state index is 0.00165. The molecule has 5 nitrogen and oxygen atoms in total. The van der Waals surface area contributed by atoms with Gasteiger partial charge in [0.15, 0.2) is 0 Å². The lowest BCUT2D eigenvalue weighted by molar-refractivity contribution is -0.158. The molecule has 0 saturated carbocycles. The van der Waals surface area contributed by atoms with E-state index in [0.717, 1.165) is 27.3 Å². The van der Waals surface area contributed by atoms with E-state index in [1.54, 1.807) is 23.3 Å². The SMILES string of the molecule is Cc1cc(C(=O)N2CCC3(CN(C)C(=O)CO3)C2)sc1-c1ccccc1. The molecule has 4 rings (SSSR count). The van der Waals surface area contributed by atoms with E-state index in [1.807, 2.05) is 36.1 Å². The van der Waals surface area contributed by atoms with Gasteiger partial charge in [-0.25, -0.2) is 0 Å². The standard InChI is InChI=1S/C20H22N2O3S/c1-14-10-16(26-18(14)15-6-4-3-5-7-15)19(24)22-9-8-20(13-22)12-21(2)17(23)11-25-20/h3-7,10H,8-9,11-13H2,1-2H3. The fourth-order valence-electron chi connectivity index (χ4n) is 3.78. The van der Waals surface area contributed by atoms with Crippen LogP contribution in [0.3, 0.4) is 0 Å². The molecule has 1 unspecified atom stereocenters. The predicted molar refractivity (Wildman–Crippen MR) is 101 cm³/mol. The van der Waals surface area contributed by atoms with Gasteiger partial charge in [-0.2, -0.15) is 0 Å². The summed E-state index contributed by atoms with van der Waals surface area (Å²) in [4.78, 5) is 30.2. The molecular weight excluding hydrogens is 348 g/mol. The molecule has 2 aliphatic heterocycles. The smallest absolute Gasteiger partial charge is 0.264 e. The summed E-state index contributed by atoms with van der Waals surface area (Å²) in [7, 11) is 1.80. The number of benzene rings is 1. The average molecular weight is 370 g/mol. The number of likely N-dealkylation sites (N-methyl/N-ethyl adjacent to an activating group) is 1. The van der Waals surface area contributed by atoms with Crippen molar-refractivity contribution in [3.8, 4) is 10.4 Å². The van der Waals surface area contributed by atoms with Crippen molar-refractivity contribution in [2.45, 2.75) is 18.9 Å². The Labute approximate surface area is 157 Å². The maximum atomic E-state index is 13.0. The van der Waals surface area contributed by atoms with Gasteiger partial charge in [-0.3, -0.25) is 9.59 Å². The minimum Gasteiger partial charge on any atom is -0.361 e. The average Bonchev–Trinajstić information content (AvgIpc) is 3.23. The van der Waals surface area contributed by atoms with Crippen LogP contribution in [0.4, 0.5) is 0 Å². The molecule has 2 saturated heterocycles. The first-order valence-electron chi connectivity index (χ1n) is 8.80. The van der Waals surface area contributed by atoms with E-state index in [9.17, 15) is 9.59 Å². The molecule has 0 aliphatic carbocycles. The number of amides is 2. The van der Waals surface area contributed by atoms with E-state index in [0.29, 0.717) is 19.6 Å². The number of morpholine rings is 1. The normalized spacial score (nSPS) is 23.1. The second-order valence-corrected chi connectivity index (χ2v) is 8.24. The lowest BCUT2D eigenvalue weighted by Crippen LogP contribution is -2.54. The molecule has 0 bridgehead atoms. The number of aryl methyl sites for hydroxylation is 1. The van der Waals surface area contributed by atoms with E-state index in [4.69, 9.17) is 4.74 Å². The van der Waals surface area contributed by atoms with Crippen molar-refractivity contribution in [1.29, 1.82) is 0 Å². The van der Waals surface area contributed by atoms with E-state index >= 15 is 0 Å². The molecule has 2 aliphatic rings. The van der Waals surface area contributed by atoms with Gasteiger partial charge in [0, 0.05) is 18.5 Å². The Morgan fingerprint density at radius 3 is 2.73 bits per heavy atom. The number of carbonyl (C=O) groups is 2. The highest BCUT2D eigenvalue weighted by Crippen LogP contribution is 2.35. The van der Waals surface area contributed by atoms with Crippen molar-refractivity contribution < 1.29 is 14.3 Å². The van der Waals surface area contributed by atoms with Gasteiger partial charge in [-0.1, -0.05) is 30.3 Å². The number of ether oxygens (including phenoxy) is 1. The summed E-state index contributed by atoms with van der Waals surface area (Å²) in [6.07, 6.45) is 0.770. The summed E-state index contributed by atoms with van der Waals surface area (Å²) in [5, 5.41) is 0. The molecule has 0 radical (unpaired) electrons. The van der Waals surface area contributed by atoms with Crippen LogP contribution in [-0.4, -0.2) is 60.5 Å². The molecule has 26 heavy (non-hydrogen) atoms. The number of hydrogen-bond acceptors (Lipinski definition) is 4.